The molecule has 0 bridgehead atoms. The van der Waals surface area contributed by atoms with Gasteiger partial charge in [-0.2, -0.15) is 0 Å². The lowest BCUT2D eigenvalue weighted by molar-refractivity contribution is 0.558. The molecule has 2 rings (SSSR count). The highest BCUT2D eigenvalue weighted by molar-refractivity contribution is 9.10. The van der Waals surface area contributed by atoms with Crippen molar-refractivity contribution in [3.05, 3.63) is 68.9 Å². The molecule has 0 amide bonds. The molecule has 0 saturated heterocycles. The third-order valence-corrected chi connectivity index (χ3v) is 3.67. The van der Waals surface area contributed by atoms with Crippen LogP contribution in [0.15, 0.2) is 40.9 Å². The van der Waals surface area contributed by atoms with Crippen molar-refractivity contribution in [3.63, 3.8) is 0 Å². The molecule has 1 atom stereocenters. The Hall–Kier alpha value is -1.23. The summed E-state index contributed by atoms with van der Waals surface area (Å²) in [6, 6.07) is 10.6. The van der Waals surface area contributed by atoms with Crippen molar-refractivity contribution in [2.24, 2.45) is 5.84 Å². The van der Waals surface area contributed by atoms with Gasteiger partial charge in [0.25, 0.3) is 0 Å². The molecular weight excluding hydrogens is 307 g/mol. The Balaban J connectivity index is 2.55. The maximum absolute atomic E-state index is 14.0. The first-order chi connectivity index (χ1) is 9.02. The van der Waals surface area contributed by atoms with E-state index >= 15 is 0 Å². The van der Waals surface area contributed by atoms with E-state index in [2.05, 4.69) is 21.4 Å². The van der Waals surface area contributed by atoms with Crippen LogP contribution in [0, 0.1) is 19.7 Å². The first-order valence-corrected chi connectivity index (χ1v) is 6.80. The fourth-order valence-electron chi connectivity index (χ4n) is 2.15. The molecule has 0 aromatic heterocycles. The van der Waals surface area contributed by atoms with Gasteiger partial charge in [0.05, 0.1) is 6.04 Å². The Morgan fingerprint density at radius 1 is 1.11 bits per heavy atom. The summed E-state index contributed by atoms with van der Waals surface area (Å²) in [5.74, 6) is 5.37. The maximum atomic E-state index is 14.0. The molecule has 0 saturated carbocycles. The average molecular weight is 323 g/mol. The number of halogens is 2. The van der Waals surface area contributed by atoms with Gasteiger partial charge in [0.1, 0.15) is 5.82 Å². The highest BCUT2D eigenvalue weighted by Crippen LogP contribution is 2.29. The van der Waals surface area contributed by atoms with E-state index in [0.717, 1.165) is 21.2 Å². The Kier molecular flexibility index (Phi) is 4.34. The van der Waals surface area contributed by atoms with E-state index in [-0.39, 0.29) is 11.9 Å². The molecule has 0 aliphatic rings. The minimum atomic E-state index is -0.364. The van der Waals surface area contributed by atoms with E-state index in [1.165, 1.54) is 6.07 Å². The number of nitrogens with one attached hydrogen (secondary N) is 1. The molecule has 0 spiro atoms. The number of hydrogen-bond donors (Lipinski definition) is 2. The molecule has 0 aliphatic carbocycles. The van der Waals surface area contributed by atoms with E-state index in [0.29, 0.717) is 5.56 Å². The smallest absolute Gasteiger partial charge is 0.128 e. The molecule has 4 heteroatoms. The van der Waals surface area contributed by atoms with Gasteiger partial charge in [0, 0.05) is 10.0 Å². The zero-order valence-electron chi connectivity index (χ0n) is 10.9. The number of hydrazine groups is 1. The monoisotopic (exact) mass is 322 g/mol. The number of benzene rings is 2. The van der Waals surface area contributed by atoms with Crippen molar-refractivity contribution in [3.8, 4) is 0 Å². The topological polar surface area (TPSA) is 38.0 Å². The third kappa shape index (κ3) is 3.03. The number of hydrogen-bond acceptors (Lipinski definition) is 2. The SMILES string of the molecule is Cc1ccc(C)c(C(NN)c2cc(Br)ccc2F)c1. The minimum Gasteiger partial charge on any atom is -0.271 e. The summed E-state index contributed by atoms with van der Waals surface area (Å²) in [6.07, 6.45) is 0. The summed E-state index contributed by atoms with van der Waals surface area (Å²) < 4.78 is 14.8. The Bertz CT molecular complexity index is 547. The second-order valence-electron chi connectivity index (χ2n) is 4.63. The first-order valence-electron chi connectivity index (χ1n) is 6.01. The van der Waals surface area contributed by atoms with E-state index in [9.17, 15) is 4.39 Å². The van der Waals surface area contributed by atoms with Crippen molar-refractivity contribution in [1.29, 1.82) is 0 Å². The lowest BCUT2D eigenvalue weighted by atomic mass is 9.94. The van der Waals surface area contributed by atoms with Crippen molar-refractivity contribution in [1.82, 2.24) is 5.43 Å². The lowest BCUT2D eigenvalue weighted by Crippen LogP contribution is -2.30. The maximum Gasteiger partial charge on any atom is 0.128 e. The Morgan fingerprint density at radius 3 is 2.53 bits per heavy atom. The standard InChI is InChI=1S/C15H16BrFN2/c1-9-3-4-10(2)12(7-9)15(19-18)13-8-11(16)5-6-14(13)17/h3-8,15,19H,18H2,1-2H3. The van der Waals surface area contributed by atoms with E-state index in [1.807, 2.05) is 32.0 Å². The highest BCUT2D eigenvalue weighted by Gasteiger charge is 2.18. The van der Waals surface area contributed by atoms with Crippen LogP contribution in [0.3, 0.4) is 0 Å². The second kappa shape index (κ2) is 5.82. The predicted octanol–water partition coefficient (Wildman–Crippen LogP) is 3.76. The molecule has 0 heterocycles. The van der Waals surface area contributed by atoms with Gasteiger partial charge in [-0.25, -0.2) is 9.82 Å². The van der Waals surface area contributed by atoms with Crippen LogP contribution in [0.1, 0.15) is 28.3 Å². The summed E-state index contributed by atoms with van der Waals surface area (Å²) in [6.45, 7) is 4.00. The predicted molar refractivity (Wildman–Crippen MR) is 79.2 cm³/mol. The molecule has 19 heavy (non-hydrogen) atoms. The Labute approximate surface area is 120 Å². The van der Waals surface area contributed by atoms with Gasteiger partial charge in [-0.1, -0.05) is 39.7 Å². The van der Waals surface area contributed by atoms with Gasteiger partial charge in [-0.15, -0.1) is 0 Å². The molecule has 0 radical (unpaired) electrons. The van der Waals surface area contributed by atoms with Crippen LogP contribution < -0.4 is 11.3 Å². The summed E-state index contributed by atoms with van der Waals surface area (Å²) >= 11 is 3.36. The van der Waals surface area contributed by atoms with Crippen molar-refractivity contribution in [2.45, 2.75) is 19.9 Å². The fraction of sp³-hybridized carbons (Fsp3) is 0.200. The zero-order chi connectivity index (χ0) is 14.0. The van der Waals surface area contributed by atoms with Crippen LogP contribution in [0.25, 0.3) is 0 Å². The van der Waals surface area contributed by atoms with Crippen LogP contribution in [0.4, 0.5) is 4.39 Å². The van der Waals surface area contributed by atoms with E-state index in [1.54, 1.807) is 12.1 Å². The van der Waals surface area contributed by atoms with Crippen LogP contribution >= 0.6 is 15.9 Å². The van der Waals surface area contributed by atoms with Gasteiger partial charge in [0.15, 0.2) is 0 Å². The molecular formula is C15H16BrFN2. The Morgan fingerprint density at radius 2 is 1.84 bits per heavy atom. The van der Waals surface area contributed by atoms with Crippen LogP contribution in [0.2, 0.25) is 0 Å². The second-order valence-corrected chi connectivity index (χ2v) is 5.54. The van der Waals surface area contributed by atoms with Crippen LogP contribution in [-0.4, -0.2) is 0 Å². The molecule has 100 valence electrons. The van der Waals surface area contributed by atoms with Gasteiger partial charge in [-0.3, -0.25) is 5.84 Å². The largest absolute Gasteiger partial charge is 0.271 e. The quantitative estimate of drug-likeness (QED) is 0.667. The van der Waals surface area contributed by atoms with Gasteiger partial charge in [0.2, 0.25) is 0 Å². The lowest BCUT2D eigenvalue weighted by Gasteiger charge is -2.20. The minimum absolute atomic E-state index is 0.271. The summed E-state index contributed by atoms with van der Waals surface area (Å²) in [5, 5.41) is 0. The van der Waals surface area contributed by atoms with Crippen molar-refractivity contribution >= 4 is 15.9 Å². The average Bonchev–Trinajstić information content (AvgIpc) is 2.38. The summed E-state index contributed by atoms with van der Waals surface area (Å²) in [4.78, 5) is 0. The number of rotatable bonds is 3. The van der Waals surface area contributed by atoms with Gasteiger partial charge in [-0.05, 0) is 43.2 Å². The van der Waals surface area contributed by atoms with Crippen molar-refractivity contribution < 1.29 is 4.39 Å². The van der Waals surface area contributed by atoms with Gasteiger partial charge < -0.3 is 0 Å². The summed E-state index contributed by atoms with van der Waals surface area (Å²) in [5.41, 5.74) is 6.43. The molecule has 1 unspecified atom stereocenters. The first kappa shape index (κ1) is 14.2. The fourth-order valence-corrected chi connectivity index (χ4v) is 2.53. The molecule has 2 aromatic rings. The van der Waals surface area contributed by atoms with E-state index < -0.39 is 0 Å². The van der Waals surface area contributed by atoms with Crippen LogP contribution in [0.5, 0.6) is 0 Å². The summed E-state index contributed by atoms with van der Waals surface area (Å²) in [7, 11) is 0. The molecule has 2 nitrogen and oxygen atoms in total. The zero-order valence-corrected chi connectivity index (χ0v) is 12.5. The number of aryl methyl sites for hydroxylation is 2. The molecule has 2 aromatic carbocycles. The highest BCUT2D eigenvalue weighted by atomic mass is 79.9. The normalized spacial score (nSPS) is 12.5. The van der Waals surface area contributed by atoms with Crippen LogP contribution in [-0.2, 0) is 0 Å². The van der Waals surface area contributed by atoms with Crippen molar-refractivity contribution in [2.75, 3.05) is 0 Å². The van der Waals surface area contributed by atoms with Gasteiger partial charge >= 0.3 is 0 Å². The third-order valence-electron chi connectivity index (χ3n) is 3.18. The molecule has 0 fully saturated rings. The number of nitrogens with two attached hydrogens (primary N) is 1. The molecule has 0 aliphatic heterocycles. The molecule has 3 N–H and O–H groups in total. The van der Waals surface area contributed by atoms with E-state index in [4.69, 9.17) is 5.84 Å².